The maximum Gasteiger partial charge on any atom is 0.265 e. The Balaban J connectivity index is 1.56. The van der Waals surface area contributed by atoms with Crippen LogP contribution in [-0.2, 0) is 16.1 Å². The fourth-order valence-corrected chi connectivity index (χ4v) is 2.70. The topological polar surface area (TPSA) is 77.7 Å². The van der Waals surface area contributed by atoms with E-state index in [2.05, 4.69) is 10.1 Å². The summed E-state index contributed by atoms with van der Waals surface area (Å²) in [6.07, 6.45) is 1.77. The van der Waals surface area contributed by atoms with Gasteiger partial charge >= 0.3 is 0 Å². The molecule has 2 aliphatic rings. The molecule has 0 bridgehead atoms. The summed E-state index contributed by atoms with van der Waals surface area (Å²) in [7, 11) is 0. The van der Waals surface area contributed by atoms with Gasteiger partial charge in [-0.1, -0.05) is 17.3 Å². The third-order valence-corrected chi connectivity index (χ3v) is 3.80. The van der Waals surface area contributed by atoms with Gasteiger partial charge in [0.2, 0.25) is 0 Å². The van der Waals surface area contributed by atoms with Crippen LogP contribution in [0.5, 0.6) is 5.75 Å². The van der Waals surface area contributed by atoms with Gasteiger partial charge in [-0.15, -0.1) is 0 Å². The number of benzene rings is 1. The lowest BCUT2D eigenvalue weighted by molar-refractivity contribution is -0.121. The molecule has 7 nitrogen and oxygen atoms in total. The number of carbonyl (C=O) groups excluding carboxylic acids is 1. The van der Waals surface area contributed by atoms with Crippen molar-refractivity contribution >= 4 is 11.6 Å². The second-order valence-electron chi connectivity index (χ2n) is 5.29. The molecule has 1 unspecified atom stereocenters. The Hall–Kier alpha value is -2.41. The van der Waals surface area contributed by atoms with E-state index < -0.39 is 0 Å². The Kier molecular flexibility index (Phi) is 3.27. The molecule has 7 heteroatoms. The monoisotopic (exact) mass is 301 g/mol. The van der Waals surface area contributed by atoms with Crippen molar-refractivity contribution in [3.05, 3.63) is 36.0 Å². The van der Waals surface area contributed by atoms with Crippen LogP contribution in [0.3, 0.4) is 0 Å². The smallest absolute Gasteiger partial charge is 0.265 e. The van der Waals surface area contributed by atoms with E-state index >= 15 is 0 Å². The highest BCUT2D eigenvalue weighted by Crippen LogP contribution is 2.32. The molecule has 1 fully saturated rings. The van der Waals surface area contributed by atoms with Gasteiger partial charge in [0.15, 0.2) is 12.4 Å². The minimum atomic E-state index is -0.123. The Bertz CT molecular complexity index is 694. The van der Waals surface area contributed by atoms with Crippen LogP contribution in [0.1, 0.15) is 30.7 Å². The molecule has 1 amide bonds. The van der Waals surface area contributed by atoms with Gasteiger partial charge in [-0.25, -0.2) is 0 Å². The molecule has 1 aromatic heterocycles. The van der Waals surface area contributed by atoms with Gasteiger partial charge in [-0.2, -0.15) is 4.98 Å². The third-order valence-electron chi connectivity index (χ3n) is 3.80. The summed E-state index contributed by atoms with van der Waals surface area (Å²) in [5.74, 6) is 1.52. The normalized spacial score (nSPS) is 20.8. The average Bonchev–Trinajstić information content (AvgIpc) is 3.21. The largest absolute Gasteiger partial charge is 0.482 e. The van der Waals surface area contributed by atoms with Gasteiger partial charge in [0.05, 0.1) is 12.2 Å². The van der Waals surface area contributed by atoms with Crippen molar-refractivity contribution in [2.75, 3.05) is 18.1 Å². The van der Waals surface area contributed by atoms with Crippen LogP contribution in [0.15, 0.2) is 28.8 Å². The Morgan fingerprint density at radius 3 is 3.09 bits per heavy atom. The summed E-state index contributed by atoms with van der Waals surface area (Å²) in [5, 5.41) is 3.96. The minimum Gasteiger partial charge on any atom is -0.482 e. The van der Waals surface area contributed by atoms with E-state index in [0.717, 1.165) is 25.1 Å². The minimum absolute atomic E-state index is 0.0213. The summed E-state index contributed by atoms with van der Waals surface area (Å²) in [5.41, 5.74) is 0.724. The highest BCUT2D eigenvalue weighted by Gasteiger charge is 2.28. The molecule has 0 saturated carbocycles. The molecule has 0 aliphatic carbocycles. The van der Waals surface area contributed by atoms with Gasteiger partial charge in [0.25, 0.3) is 11.8 Å². The average molecular weight is 301 g/mol. The van der Waals surface area contributed by atoms with E-state index in [0.29, 0.717) is 17.5 Å². The first-order valence-corrected chi connectivity index (χ1v) is 7.27. The van der Waals surface area contributed by atoms with Crippen LogP contribution in [0.25, 0.3) is 0 Å². The first-order valence-electron chi connectivity index (χ1n) is 7.27. The molecule has 1 saturated heterocycles. The lowest BCUT2D eigenvalue weighted by Gasteiger charge is -2.28. The second-order valence-corrected chi connectivity index (χ2v) is 5.29. The van der Waals surface area contributed by atoms with Crippen LogP contribution < -0.4 is 9.64 Å². The van der Waals surface area contributed by atoms with Crippen LogP contribution in [0.4, 0.5) is 5.69 Å². The Labute approximate surface area is 126 Å². The van der Waals surface area contributed by atoms with Crippen molar-refractivity contribution in [3.8, 4) is 5.75 Å². The zero-order chi connectivity index (χ0) is 14.9. The number of rotatable bonds is 3. The number of hydrogen-bond donors (Lipinski definition) is 0. The quantitative estimate of drug-likeness (QED) is 0.861. The first-order chi connectivity index (χ1) is 10.8. The van der Waals surface area contributed by atoms with Gasteiger partial charge in [0.1, 0.15) is 11.9 Å². The molecule has 0 N–H and O–H groups in total. The number of carbonyl (C=O) groups is 1. The predicted octanol–water partition coefficient (Wildman–Crippen LogP) is 1.85. The molecular formula is C15H15N3O4. The number of fused-ring (bicyclic) bond motifs is 1. The molecule has 1 atom stereocenters. The number of para-hydroxylation sites is 2. The van der Waals surface area contributed by atoms with Crippen molar-refractivity contribution in [1.29, 1.82) is 0 Å². The van der Waals surface area contributed by atoms with E-state index in [9.17, 15) is 4.79 Å². The van der Waals surface area contributed by atoms with E-state index in [1.165, 1.54) is 0 Å². The van der Waals surface area contributed by atoms with Crippen molar-refractivity contribution in [2.45, 2.75) is 25.5 Å². The number of hydrogen-bond acceptors (Lipinski definition) is 6. The maximum absolute atomic E-state index is 12.1. The lowest BCUT2D eigenvalue weighted by atomic mass is 10.2. The fourth-order valence-electron chi connectivity index (χ4n) is 2.70. The summed E-state index contributed by atoms with van der Waals surface area (Å²) < 4.78 is 16.2. The number of anilines is 1. The lowest BCUT2D eigenvalue weighted by Crippen LogP contribution is -2.38. The molecule has 0 spiro atoms. The zero-order valence-electron chi connectivity index (χ0n) is 11.9. The zero-order valence-corrected chi connectivity index (χ0v) is 11.9. The second kappa shape index (κ2) is 5.42. The summed E-state index contributed by atoms with van der Waals surface area (Å²) >= 11 is 0. The molecular weight excluding hydrogens is 286 g/mol. The highest BCUT2D eigenvalue weighted by atomic mass is 16.5. The van der Waals surface area contributed by atoms with E-state index in [-0.39, 0.29) is 25.2 Å². The van der Waals surface area contributed by atoms with Gasteiger partial charge in [-0.05, 0) is 25.0 Å². The van der Waals surface area contributed by atoms with Crippen LogP contribution in [-0.4, -0.2) is 29.3 Å². The molecule has 0 radical (unpaired) electrons. The molecule has 3 heterocycles. The van der Waals surface area contributed by atoms with E-state index in [1.54, 1.807) is 4.90 Å². The Morgan fingerprint density at radius 1 is 1.32 bits per heavy atom. The highest BCUT2D eigenvalue weighted by molar-refractivity contribution is 5.97. The van der Waals surface area contributed by atoms with Gasteiger partial charge < -0.3 is 14.0 Å². The predicted molar refractivity (Wildman–Crippen MR) is 75.4 cm³/mol. The Morgan fingerprint density at radius 2 is 2.23 bits per heavy atom. The van der Waals surface area contributed by atoms with Crippen molar-refractivity contribution in [3.63, 3.8) is 0 Å². The van der Waals surface area contributed by atoms with Gasteiger partial charge in [0, 0.05) is 6.61 Å². The molecule has 22 heavy (non-hydrogen) atoms. The third kappa shape index (κ3) is 2.33. The standard InChI is InChI=1S/C15H15N3O4/c19-14-9-21-11-5-2-1-4-10(11)18(14)8-13-16-15(22-17-13)12-6-3-7-20-12/h1-2,4-5,12H,3,6-9H2. The summed E-state index contributed by atoms with van der Waals surface area (Å²) in [4.78, 5) is 18.1. The van der Waals surface area contributed by atoms with Crippen LogP contribution in [0.2, 0.25) is 0 Å². The molecule has 1 aromatic carbocycles. The van der Waals surface area contributed by atoms with E-state index in [4.69, 9.17) is 14.0 Å². The van der Waals surface area contributed by atoms with Crippen molar-refractivity contribution < 1.29 is 18.8 Å². The van der Waals surface area contributed by atoms with E-state index in [1.807, 2.05) is 24.3 Å². The number of aromatic nitrogens is 2. The van der Waals surface area contributed by atoms with Gasteiger partial charge in [-0.3, -0.25) is 9.69 Å². The summed E-state index contributed by atoms with van der Waals surface area (Å²) in [6.45, 7) is 1.00. The molecule has 114 valence electrons. The molecule has 2 aliphatic heterocycles. The molecule has 2 aromatic rings. The SMILES string of the molecule is O=C1COc2ccccc2N1Cc1noc(C2CCCO2)n1. The molecule has 4 rings (SSSR count). The summed E-state index contributed by atoms with van der Waals surface area (Å²) in [6, 6.07) is 7.41. The number of nitrogens with zero attached hydrogens (tertiary/aromatic N) is 3. The van der Waals surface area contributed by atoms with Crippen LogP contribution in [0, 0.1) is 0 Å². The first kappa shape index (κ1) is 13.3. The maximum atomic E-state index is 12.1. The number of amides is 1. The van der Waals surface area contributed by atoms with Crippen molar-refractivity contribution in [1.82, 2.24) is 10.1 Å². The van der Waals surface area contributed by atoms with Crippen LogP contribution >= 0.6 is 0 Å². The number of ether oxygens (including phenoxy) is 2. The fraction of sp³-hybridized carbons (Fsp3) is 0.400. The van der Waals surface area contributed by atoms with Crippen molar-refractivity contribution in [2.24, 2.45) is 0 Å².